The van der Waals surface area contributed by atoms with Crippen LogP contribution in [0.1, 0.15) is 25.7 Å². The van der Waals surface area contributed by atoms with Crippen LogP contribution in [0.2, 0.25) is 0 Å². The van der Waals surface area contributed by atoms with Crippen LogP contribution < -0.4 is 5.32 Å². The molecule has 0 radical (unpaired) electrons. The molecule has 0 saturated carbocycles. The lowest BCUT2D eigenvalue weighted by Crippen LogP contribution is -2.32. The van der Waals surface area contributed by atoms with E-state index in [-0.39, 0.29) is 6.03 Å². The molecule has 1 N–H and O–H groups in total. The zero-order valence-corrected chi connectivity index (χ0v) is 11.6. The maximum atomic E-state index is 11.9. The van der Waals surface area contributed by atoms with Crippen LogP contribution in [0.15, 0.2) is 12.4 Å². The second kappa shape index (κ2) is 6.56. The molecule has 2 heterocycles. The smallest absolute Gasteiger partial charge is 0.321 e. The monoisotopic (exact) mass is 266 g/mol. The lowest BCUT2D eigenvalue weighted by Gasteiger charge is -2.18. The fraction of sp³-hybridized carbons (Fsp3) is 0.692. The molecule has 0 aliphatic carbocycles. The molecule has 1 saturated heterocycles. The Hall–Kier alpha value is -1.56. The Bertz CT molecular complexity index is 413. The van der Waals surface area contributed by atoms with Crippen LogP contribution in [0.25, 0.3) is 0 Å². The number of rotatable bonds is 5. The number of nitrogens with zero attached hydrogens (tertiary/aromatic N) is 3. The predicted molar refractivity (Wildman–Crippen MR) is 73.1 cm³/mol. The number of amides is 2. The summed E-state index contributed by atoms with van der Waals surface area (Å²) in [6.45, 7) is 1.63. The van der Waals surface area contributed by atoms with Gasteiger partial charge >= 0.3 is 6.03 Å². The molecule has 1 aromatic rings. The first-order chi connectivity index (χ1) is 9.15. The minimum absolute atomic E-state index is 0.0969. The number of carbonyl (C=O) groups is 1. The topological polar surface area (TPSA) is 59.4 Å². The van der Waals surface area contributed by atoms with E-state index < -0.39 is 0 Å². The zero-order chi connectivity index (χ0) is 13.7. The molecule has 0 aromatic carbocycles. The van der Waals surface area contributed by atoms with Crippen LogP contribution in [-0.4, -0.2) is 47.0 Å². The molecule has 2 amide bonds. The fourth-order valence-electron chi connectivity index (χ4n) is 2.23. The van der Waals surface area contributed by atoms with E-state index in [4.69, 9.17) is 4.74 Å². The maximum absolute atomic E-state index is 11.9. The van der Waals surface area contributed by atoms with Gasteiger partial charge in [0.15, 0.2) is 0 Å². The van der Waals surface area contributed by atoms with Gasteiger partial charge in [-0.15, -0.1) is 0 Å². The van der Waals surface area contributed by atoms with E-state index in [1.54, 1.807) is 29.0 Å². The molecule has 1 aliphatic rings. The molecular formula is C13H22N4O2. The van der Waals surface area contributed by atoms with E-state index in [2.05, 4.69) is 10.4 Å². The van der Waals surface area contributed by atoms with E-state index in [0.717, 1.165) is 38.1 Å². The van der Waals surface area contributed by atoms with Gasteiger partial charge in [-0.1, -0.05) is 0 Å². The molecule has 0 spiro atoms. The summed E-state index contributed by atoms with van der Waals surface area (Å²) in [5, 5.41) is 6.82. The second-order valence-corrected chi connectivity index (χ2v) is 5.03. The molecular weight excluding hydrogens is 244 g/mol. The van der Waals surface area contributed by atoms with Crippen LogP contribution in [-0.2, 0) is 11.8 Å². The van der Waals surface area contributed by atoms with Crippen molar-refractivity contribution in [3.8, 4) is 0 Å². The van der Waals surface area contributed by atoms with E-state index >= 15 is 0 Å². The van der Waals surface area contributed by atoms with Crippen LogP contribution in [0, 0.1) is 0 Å². The molecule has 1 fully saturated rings. The molecule has 2 rings (SSSR count). The lowest BCUT2D eigenvalue weighted by molar-refractivity contribution is 0.101. The van der Waals surface area contributed by atoms with Gasteiger partial charge in [-0.3, -0.25) is 4.68 Å². The van der Waals surface area contributed by atoms with Crippen molar-refractivity contribution >= 4 is 11.7 Å². The van der Waals surface area contributed by atoms with Crippen molar-refractivity contribution in [2.75, 3.05) is 25.5 Å². The Kier molecular flexibility index (Phi) is 4.79. The summed E-state index contributed by atoms with van der Waals surface area (Å²) >= 11 is 0. The SMILES string of the molecule is CN(CCC[C@H]1CCCO1)C(=O)Nc1cnn(C)c1. The first-order valence-corrected chi connectivity index (χ1v) is 6.77. The molecule has 6 nitrogen and oxygen atoms in total. The standard InChI is InChI=1S/C13H22N4O2/c1-16(7-3-5-12-6-4-8-19-12)13(18)15-11-9-14-17(2)10-11/h9-10,12H,3-8H2,1-2H3,(H,15,18)/t12-/m0/s1. The molecule has 0 bridgehead atoms. The Morgan fingerprint density at radius 1 is 1.68 bits per heavy atom. The van der Waals surface area contributed by atoms with Crippen molar-refractivity contribution in [3.05, 3.63) is 12.4 Å². The molecule has 19 heavy (non-hydrogen) atoms. The average Bonchev–Trinajstić information content (AvgIpc) is 3.01. The number of urea groups is 1. The summed E-state index contributed by atoms with van der Waals surface area (Å²) in [6.07, 6.45) is 8.14. The number of ether oxygens (including phenoxy) is 1. The molecule has 0 unspecified atom stereocenters. The number of hydrogen-bond acceptors (Lipinski definition) is 3. The Balaban J connectivity index is 1.67. The Morgan fingerprint density at radius 3 is 3.16 bits per heavy atom. The number of anilines is 1. The summed E-state index contributed by atoms with van der Waals surface area (Å²) in [7, 11) is 3.63. The first-order valence-electron chi connectivity index (χ1n) is 6.77. The number of aryl methyl sites for hydroxylation is 1. The number of nitrogens with one attached hydrogen (secondary N) is 1. The van der Waals surface area contributed by atoms with Gasteiger partial charge in [-0.05, 0) is 25.7 Å². The summed E-state index contributed by atoms with van der Waals surface area (Å²) in [6, 6.07) is -0.0969. The zero-order valence-electron chi connectivity index (χ0n) is 11.6. The molecule has 6 heteroatoms. The largest absolute Gasteiger partial charge is 0.378 e. The minimum atomic E-state index is -0.0969. The van der Waals surface area contributed by atoms with Gasteiger partial charge in [0.25, 0.3) is 0 Å². The van der Waals surface area contributed by atoms with Crippen molar-refractivity contribution in [2.24, 2.45) is 7.05 Å². The van der Waals surface area contributed by atoms with E-state index in [1.165, 1.54) is 6.42 Å². The second-order valence-electron chi connectivity index (χ2n) is 5.03. The van der Waals surface area contributed by atoms with E-state index in [0.29, 0.717) is 6.10 Å². The van der Waals surface area contributed by atoms with Crippen molar-refractivity contribution in [2.45, 2.75) is 31.8 Å². The van der Waals surface area contributed by atoms with E-state index in [9.17, 15) is 4.79 Å². The maximum Gasteiger partial charge on any atom is 0.321 e. The average molecular weight is 266 g/mol. The quantitative estimate of drug-likeness (QED) is 0.884. The highest BCUT2D eigenvalue weighted by atomic mass is 16.5. The molecule has 1 atom stereocenters. The highest BCUT2D eigenvalue weighted by molar-refractivity contribution is 5.88. The number of aromatic nitrogens is 2. The van der Waals surface area contributed by atoms with Gasteiger partial charge in [-0.2, -0.15) is 5.10 Å². The van der Waals surface area contributed by atoms with Gasteiger partial charge in [0.2, 0.25) is 0 Å². The normalized spacial score (nSPS) is 18.5. The third-order valence-electron chi connectivity index (χ3n) is 3.35. The molecule has 1 aliphatic heterocycles. The van der Waals surface area contributed by atoms with Gasteiger partial charge < -0.3 is 15.0 Å². The Morgan fingerprint density at radius 2 is 2.53 bits per heavy atom. The van der Waals surface area contributed by atoms with Gasteiger partial charge in [0, 0.05) is 33.4 Å². The highest BCUT2D eigenvalue weighted by Gasteiger charge is 2.16. The number of hydrogen-bond donors (Lipinski definition) is 1. The highest BCUT2D eigenvalue weighted by Crippen LogP contribution is 2.16. The van der Waals surface area contributed by atoms with Crippen LogP contribution >= 0.6 is 0 Å². The summed E-state index contributed by atoms with van der Waals surface area (Å²) in [5.41, 5.74) is 0.721. The first kappa shape index (κ1) is 13.9. The van der Waals surface area contributed by atoms with Crippen molar-refractivity contribution < 1.29 is 9.53 Å². The Labute approximate surface area is 113 Å². The van der Waals surface area contributed by atoms with Gasteiger partial charge in [0.1, 0.15) is 0 Å². The molecule has 1 aromatic heterocycles. The summed E-state index contributed by atoms with van der Waals surface area (Å²) < 4.78 is 7.22. The van der Waals surface area contributed by atoms with Crippen molar-refractivity contribution in [1.29, 1.82) is 0 Å². The van der Waals surface area contributed by atoms with Gasteiger partial charge in [-0.25, -0.2) is 4.79 Å². The summed E-state index contributed by atoms with van der Waals surface area (Å²) in [5.74, 6) is 0. The minimum Gasteiger partial charge on any atom is -0.378 e. The summed E-state index contributed by atoms with van der Waals surface area (Å²) in [4.78, 5) is 13.6. The lowest BCUT2D eigenvalue weighted by atomic mass is 10.1. The van der Waals surface area contributed by atoms with Crippen molar-refractivity contribution in [1.82, 2.24) is 14.7 Å². The van der Waals surface area contributed by atoms with Crippen LogP contribution in [0.5, 0.6) is 0 Å². The van der Waals surface area contributed by atoms with Crippen LogP contribution in [0.4, 0.5) is 10.5 Å². The van der Waals surface area contributed by atoms with Crippen LogP contribution in [0.3, 0.4) is 0 Å². The fourth-order valence-corrected chi connectivity index (χ4v) is 2.23. The predicted octanol–water partition coefficient (Wildman–Crippen LogP) is 1.84. The van der Waals surface area contributed by atoms with Gasteiger partial charge in [0.05, 0.1) is 18.0 Å². The number of carbonyl (C=O) groups excluding carboxylic acids is 1. The third-order valence-corrected chi connectivity index (χ3v) is 3.35. The molecule has 106 valence electrons. The van der Waals surface area contributed by atoms with Crippen molar-refractivity contribution in [3.63, 3.8) is 0 Å². The van der Waals surface area contributed by atoms with E-state index in [1.807, 2.05) is 7.05 Å². The third kappa shape index (κ3) is 4.24.